The van der Waals surface area contributed by atoms with E-state index in [-0.39, 0.29) is 5.54 Å². The maximum atomic E-state index is 2.67. The van der Waals surface area contributed by atoms with E-state index in [1.54, 1.807) is 0 Å². The van der Waals surface area contributed by atoms with Crippen molar-refractivity contribution in [2.45, 2.75) is 66.8 Å². The molecule has 1 heterocycles. The van der Waals surface area contributed by atoms with Gasteiger partial charge in [0.05, 0.1) is 0 Å². The SMILES string of the molecule is Cc1cccc(CC(C)C)c1N1CC(C)(C)CC1(C)C. The molecular weight excluding hydrogens is 242 g/mol. The van der Waals surface area contributed by atoms with Gasteiger partial charge in [-0.05, 0) is 56.1 Å². The quantitative estimate of drug-likeness (QED) is 0.731. The summed E-state index contributed by atoms with van der Waals surface area (Å²) in [6, 6.07) is 6.80. The van der Waals surface area contributed by atoms with Crippen molar-refractivity contribution in [2.75, 3.05) is 11.4 Å². The normalized spacial score (nSPS) is 20.7. The van der Waals surface area contributed by atoms with Gasteiger partial charge in [-0.15, -0.1) is 0 Å². The van der Waals surface area contributed by atoms with Gasteiger partial charge in [0.1, 0.15) is 0 Å². The molecular formula is C19H31N. The van der Waals surface area contributed by atoms with Crippen LogP contribution in [0.3, 0.4) is 0 Å². The summed E-state index contributed by atoms with van der Waals surface area (Å²) in [6.07, 6.45) is 2.43. The predicted molar refractivity (Wildman–Crippen MR) is 89.5 cm³/mol. The lowest BCUT2D eigenvalue weighted by atomic mass is 9.86. The zero-order chi connectivity index (χ0) is 15.1. The summed E-state index contributed by atoms with van der Waals surface area (Å²) >= 11 is 0. The Kier molecular flexibility index (Phi) is 3.92. The van der Waals surface area contributed by atoms with Crippen LogP contribution in [0.15, 0.2) is 18.2 Å². The second-order valence-electron chi connectivity index (χ2n) is 8.42. The van der Waals surface area contributed by atoms with E-state index in [1.807, 2.05) is 0 Å². The van der Waals surface area contributed by atoms with E-state index in [4.69, 9.17) is 0 Å². The average molecular weight is 273 g/mol. The molecule has 0 amide bonds. The average Bonchev–Trinajstić information content (AvgIpc) is 2.46. The van der Waals surface area contributed by atoms with E-state index >= 15 is 0 Å². The zero-order valence-electron chi connectivity index (χ0n) is 14.4. The maximum Gasteiger partial charge on any atom is 0.0433 e. The fourth-order valence-corrected chi connectivity index (χ4v) is 4.06. The molecule has 1 nitrogen and oxygen atoms in total. The monoisotopic (exact) mass is 273 g/mol. The molecule has 0 aromatic heterocycles. The van der Waals surface area contributed by atoms with Crippen molar-refractivity contribution in [3.8, 4) is 0 Å². The van der Waals surface area contributed by atoms with Gasteiger partial charge in [-0.2, -0.15) is 0 Å². The molecule has 0 unspecified atom stereocenters. The lowest BCUT2D eigenvalue weighted by Crippen LogP contribution is -2.39. The first-order valence-electron chi connectivity index (χ1n) is 7.98. The number of benzene rings is 1. The van der Waals surface area contributed by atoms with Crippen LogP contribution >= 0.6 is 0 Å². The van der Waals surface area contributed by atoms with Gasteiger partial charge in [-0.3, -0.25) is 0 Å². The van der Waals surface area contributed by atoms with Crippen LogP contribution in [0.5, 0.6) is 0 Å². The van der Waals surface area contributed by atoms with Gasteiger partial charge >= 0.3 is 0 Å². The third kappa shape index (κ3) is 3.02. The standard InChI is InChI=1S/C19H31N/c1-14(2)11-16-10-8-9-15(3)17(16)20-13-18(4,5)12-19(20,6)7/h8-10,14H,11-13H2,1-7H3. The first-order valence-corrected chi connectivity index (χ1v) is 7.98. The Morgan fingerprint density at radius 1 is 1.15 bits per heavy atom. The number of hydrogen-bond donors (Lipinski definition) is 0. The topological polar surface area (TPSA) is 3.24 Å². The van der Waals surface area contributed by atoms with E-state index in [0.29, 0.717) is 11.3 Å². The molecule has 1 saturated heterocycles. The van der Waals surface area contributed by atoms with Crippen molar-refractivity contribution in [3.63, 3.8) is 0 Å². The number of rotatable bonds is 3. The molecule has 0 saturated carbocycles. The largest absolute Gasteiger partial charge is 0.365 e. The summed E-state index contributed by atoms with van der Waals surface area (Å²) in [5.74, 6) is 0.703. The zero-order valence-corrected chi connectivity index (χ0v) is 14.4. The van der Waals surface area contributed by atoms with Gasteiger partial charge in [0.25, 0.3) is 0 Å². The van der Waals surface area contributed by atoms with Crippen LogP contribution in [0.4, 0.5) is 5.69 Å². The van der Waals surface area contributed by atoms with E-state index in [0.717, 1.165) is 6.54 Å². The van der Waals surface area contributed by atoms with E-state index in [9.17, 15) is 0 Å². The number of para-hydroxylation sites is 1. The molecule has 2 rings (SSSR count). The van der Waals surface area contributed by atoms with Gasteiger partial charge in [-0.25, -0.2) is 0 Å². The third-order valence-electron chi connectivity index (χ3n) is 4.45. The Balaban J connectivity index is 2.46. The molecule has 1 fully saturated rings. The van der Waals surface area contributed by atoms with E-state index in [1.165, 1.54) is 29.7 Å². The van der Waals surface area contributed by atoms with Crippen LogP contribution in [-0.4, -0.2) is 12.1 Å². The molecule has 20 heavy (non-hydrogen) atoms. The van der Waals surface area contributed by atoms with Crippen molar-refractivity contribution in [3.05, 3.63) is 29.3 Å². The van der Waals surface area contributed by atoms with Crippen LogP contribution < -0.4 is 4.90 Å². The Labute approximate surface area is 125 Å². The predicted octanol–water partition coefficient (Wildman–Crippen LogP) is 5.21. The van der Waals surface area contributed by atoms with Crippen LogP contribution in [0.2, 0.25) is 0 Å². The van der Waals surface area contributed by atoms with Gasteiger partial charge in [0.15, 0.2) is 0 Å². The lowest BCUT2D eigenvalue weighted by Gasteiger charge is -2.36. The van der Waals surface area contributed by atoms with Crippen LogP contribution in [0.1, 0.15) is 59.1 Å². The molecule has 0 spiro atoms. The Morgan fingerprint density at radius 3 is 2.30 bits per heavy atom. The van der Waals surface area contributed by atoms with Crippen LogP contribution in [0.25, 0.3) is 0 Å². The Bertz CT molecular complexity index is 483. The summed E-state index contributed by atoms with van der Waals surface area (Å²) in [6.45, 7) is 17.6. The minimum Gasteiger partial charge on any atom is -0.365 e. The smallest absolute Gasteiger partial charge is 0.0433 e. The van der Waals surface area contributed by atoms with Crippen molar-refractivity contribution < 1.29 is 0 Å². The maximum absolute atomic E-state index is 2.67. The highest BCUT2D eigenvalue weighted by Gasteiger charge is 2.43. The highest BCUT2D eigenvalue weighted by atomic mass is 15.2. The molecule has 1 heteroatoms. The second kappa shape index (κ2) is 5.09. The fourth-order valence-electron chi connectivity index (χ4n) is 4.06. The molecule has 0 bridgehead atoms. The van der Waals surface area contributed by atoms with Gasteiger partial charge in [0.2, 0.25) is 0 Å². The second-order valence-corrected chi connectivity index (χ2v) is 8.42. The number of hydrogen-bond acceptors (Lipinski definition) is 1. The van der Waals surface area contributed by atoms with Crippen LogP contribution in [-0.2, 0) is 6.42 Å². The minimum atomic E-state index is 0.251. The van der Waals surface area contributed by atoms with Crippen molar-refractivity contribution in [1.29, 1.82) is 0 Å². The number of nitrogens with zero attached hydrogens (tertiary/aromatic N) is 1. The first kappa shape index (κ1) is 15.4. The van der Waals surface area contributed by atoms with Crippen molar-refractivity contribution >= 4 is 5.69 Å². The van der Waals surface area contributed by atoms with Gasteiger partial charge in [-0.1, -0.05) is 45.9 Å². The molecule has 1 aliphatic heterocycles. The fraction of sp³-hybridized carbons (Fsp3) is 0.684. The molecule has 0 aliphatic carbocycles. The van der Waals surface area contributed by atoms with Crippen molar-refractivity contribution in [1.82, 2.24) is 0 Å². The summed E-state index contributed by atoms with van der Waals surface area (Å²) in [5, 5.41) is 0. The molecule has 0 atom stereocenters. The highest BCUT2D eigenvalue weighted by Crippen LogP contribution is 2.45. The molecule has 112 valence electrons. The van der Waals surface area contributed by atoms with E-state index < -0.39 is 0 Å². The number of aryl methyl sites for hydroxylation is 1. The van der Waals surface area contributed by atoms with Crippen LogP contribution in [0, 0.1) is 18.3 Å². The summed E-state index contributed by atoms with van der Waals surface area (Å²) < 4.78 is 0. The summed E-state index contributed by atoms with van der Waals surface area (Å²) in [5.41, 5.74) is 5.10. The summed E-state index contributed by atoms with van der Waals surface area (Å²) in [4.78, 5) is 2.67. The molecule has 0 radical (unpaired) electrons. The molecule has 1 aliphatic rings. The number of anilines is 1. The van der Waals surface area contributed by atoms with Gasteiger partial charge < -0.3 is 4.90 Å². The van der Waals surface area contributed by atoms with E-state index in [2.05, 4.69) is 71.6 Å². The summed E-state index contributed by atoms with van der Waals surface area (Å²) in [7, 11) is 0. The molecule has 1 aromatic rings. The third-order valence-corrected chi connectivity index (χ3v) is 4.45. The Hall–Kier alpha value is -0.980. The van der Waals surface area contributed by atoms with Gasteiger partial charge in [0, 0.05) is 17.8 Å². The highest BCUT2D eigenvalue weighted by molar-refractivity contribution is 5.62. The van der Waals surface area contributed by atoms with Crippen molar-refractivity contribution in [2.24, 2.45) is 11.3 Å². The molecule has 1 aromatic carbocycles. The first-order chi connectivity index (χ1) is 9.12. The Morgan fingerprint density at radius 2 is 1.80 bits per heavy atom. The molecule has 0 N–H and O–H groups in total. The lowest BCUT2D eigenvalue weighted by molar-refractivity contribution is 0.371. The minimum absolute atomic E-state index is 0.251.